The van der Waals surface area contributed by atoms with Crippen LogP contribution in [0.15, 0.2) is 29.2 Å². The third-order valence-electron chi connectivity index (χ3n) is 2.57. The second-order valence-corrected chi connectivity index (χ2v) is 5.48. The van der Waals surface area contributed by atoms with E-state index in [1.165, 1.54) is 12.1 Å². The van der Waals surface area contributed by atoms with Crippen molar-refractivity contribution < 1.29 is 9.18 Å². The van der Waals surface area contributed by atoms with E-state index in [1.807, 2.05) is 13.8 Å². The van der Waals surface area contributed by atoms with Crippen molar-refractivity contribution in [1.82, 2.24) is 10.6 Å². The van der Waals surface area contributed by atoms with E-state index >= 15 is 0 Å². The monoisotopic (exact) mass is 320 g/mol. The summed E-state index contributed by atoms with van der Waals surface area (Å²) in [6, 6.07) is 6.61. The standard InChI is InChI=1S/C14H21FN2OS.ClH/c1-3-16-11(2)10-17-14(18)8-9-19-13-6-4-12(15)5-7-13;/h4-7,11,16H,3,8-10H2,1-2H3,(H,17,18);1H/t11-;/m1./s1. The van der Waals surface area contributed by atoms with Gasteiger partial charge in [-0.05, 0) is 37.7 Å². The van der Waals surface area contributed by atoms with Crippen molar-refractivity contribution in [2.24, 2.45) is 0 Å². The largest absolute Gasteiger partial charge is 0.355 e. The van der Waals surface area contributed by atoms with Gasteiger partial charge in [0.1, 0.15) is 5.82 Å². The summed E-state index contributed by atoms with van der Waals surface area (Å²) in [6.07, 6.45) is 0.473. The van der Waals surface area contributed by atoms with Gasteiger partial charge >= 0.3 is 0 Å². The second kappa shape index (κ2) is 10.9. The smallest absolute Gasteiger partial charge is 0.220 e. The highest BCUT2D eigenvalue weighted by molar-refractivity contribution is 7.99. The SMILES string of the molecule is CCN[C@H](C)CNC(=O)CCSc1ccc(F)cc1.Cl. The van der Waals surface area contributed by atoms with Gasteiger partial charge in [0.15, 0.2) is 0 Å². The second-order valence-electron chi connectivity index (χ2n) is 4.32. The Morgan fingerprint density at radius 3 is 2.60 bits per heavy atom. The lowest BCUT2D eigenvalue weighted by Crippen LogP contribution is -2.38. The molecule has 1 aromatic rings. The summed E-state index contributed by atoms with van der Waals surface area (Å²) in [5.74, 6) is 0.520. The lowest BCUT2D eigenvalue weighted by molar-refractivity contribution is -0.120. The number of nitrogens with one attached hydrogen (secondary N) is 2. The van der Waals surface area contributed by atoms with Crippen LogP contribution in [0.1, 0.15) is 20.3 Å². The molecule has 0 heterocycles. The first-order valence-corrected chi connectivity index (χ1v) is 7.48. The molecule has 1 aromatic carbocycles. The van der Waals surface area contributed by atoms with E-state index in [4.69, 9.17) is 0 Å². The normalized spacial score (nSPS) is 11.6. The van der Waals surface area contributed by atoms with E-state index in [1.54, 1.807) is 23.9 Å². The van der Waals surface area contributed by atoms with Gasteiger partial charge in [-0.25, -0.2) is 4.39 Å². The van der Waals surface area contributed by atoms with E-state index in [0.29, 0.717) is 24.8 Å². The number of carbonyl (C=O) groups excluding carboxylic acids is 1. The maximum absolute atomic E-state index is 12.7. The van der Waals surface area contributed by atoms with Crippen LogP contribution in [0.4, 0.5) is 4.39 Å². The number of benzene rings is 1. The van der Waals surface area contributed by atoms with Crippen LogP contribution < -0.4 is 10.6 Å². The molecule has 0 saturated carbocycles. The van der Waals surface area contributed by atoms with Crippen LogP contribution in [-0.4, -0.2) is 30.8 Å². The van der Waals surface area contributed by atoms with Crippen LogP contribution in [0, 0.1) is 5.82 Å². The molecule has 0 aromatic heterocycles. The molecule has 1 amide bonds. The van der Waals surface area contributed by atoms with Gasteiger partial charge in [-0.15, -0.1) is 24.2 Å². The Balaban J connectivity index is 0.00000361. The van der Waals surface area contributed by atoms with Gasteiger partial charge in [0.25, 0.3) is 0 Å². The summed E-state index contributed by atoms with van der Waals surface area (Å²) in [6.45, 7) is 5.63. The number of likely N-dealkylation sites (N-methyl/N-ethyl adjacent to an activating group) is 1. The topological polar surface area (TPSA) is 41.1 Å². The molecule has 0 aliphatic carbocycles. The zero-order chi connectivity index (χ0) is 14.1. The van der Waals surface area contributed by atoms with Crippen LogP contribution in [0.25, 0.3) is 0 Å². The Kier molecular flexibility index (Phi) is 10.5. The highest BCUT2D eigenvalue weighted by Crippen LogP contribution is 2.18. The van der Waals surface area contributed by atoms with Gasteiger partial charge < -0.3 is 10.6 Å². The van der Waals surface area contributed by atoms with E-state index in [0.717, 1.165) is 11.4 Å². The fourth-order valence-corrected chi connectivity index (χ4v) is 2.42. The van der Waals surface area contributed by atoms with Crippen molar-refractivity contribution in [3.63, 3.8) is 0 Å². The first kappa shape index (κ1) is 19.2. The molecule has 20 heavy (non-hydrogen) atoms. The molecule has 0 unspecified atom stereocenters. The molecular formula is C14H22ClFN2OS. The molecule has 1 rings (SSSR count). The Hall–Kier alpha value is -0.780. The van der Waals surface area contributed by atoms with Crippen LogP contribution >= 0.6 is 24.2 Å². The van der Waals surface area contributed by atoms with Crippen molar-refractivity contribution >= 4 is 30.1 Å². The maximum Gasteiger partial charge on any atom is 0.220 e. The molecular weight excluding hydrogens is 299 g/mol. The minimum Gasteiger partial charge on any atom is -0.355 e. The molecule has 0 bridgehead atoms. The predicted octanol–water partition coefficient (Wildman–Crippen LogP) is 2.84. The highest BCUT2D eigenvalue weighted by Gasteiger charge is 2.04. The molecule has 0 spiro atoms. The third-order valence-corrected chi connectivity index (χ3v) is 3.58. The lowest BCUT2D eigenvalue weighted by atomic mass is 10.3. The number of halogens is 2. The molecule has 114 valence electrons. The molecule has 6 heteroatoms. The average Bonchev–Trinajstić information content (AvgIpc) is 2.39. The Morgan fingerprint density at radius 1 is 1.35 bits per heavy atom. The molecule has 0 fully saturated rings. The molecule has 2 N–H and O–H groups in total. The van der Waals surface area contributed by atoms with E-state index in [2.05, 4.69) is 10.6 Å². The van der Waals surface area contributed by atoms with Crippen molar-refractivity contribution in [2.75, 3.05) is 18.8 Å². The number of thioether (sulfide) groups is 1. The Labute approximate surface area is 130 Å². The number of hydrogen-bond donors (Lipinski definition) is 2. The molecule has 0 aliphatic heterocycles. The zero-order valence-corrected chi connectivity index (χ0v) is 13.5. The zero-order valence-electron chi connectivity index (χ0n) is 11.8. The first-order chi connectivity index (χ1) is 9.11. The van der Waals surface area contributed by atoms with Gasteiger partial charge in [0.2, 0.25) is 5.91 Å². The van der Waals surface area contributed by atoms with Crippen molar-refractivity contribution in [2.45, 2.75) is 31.2 Å². The number of rotatable bonds is 8. The molecule has 3 nitrogen and oxygen atoms in total. The summed E-state index contributed by atoms with van der Waals surface area (Å²) in [5.41, 5.74) is 0. The summed E-state index contributed by atoms with van der Waals surface area (Å²) in [7, 11) is 0. The van der Waals surface area contributed by atoms with Crippen LogP contribution in [-0.2, 0) is 4.79 Å². The first-order valence-electron chi connectivity index (χ1n) is 6.50. The fraction of sp³-hybridized carbons (Fsp3) is 0.500. The number of hydrogen-bond acceptors (Lipinski definition) is 3. The molecule has 0 aliphatic rings. The third kappa shape index (κ3) is 8.40. The summed E-state index contributed by atoms with van der Waals surface area (Å²) in [4.78, 5) is 12.6. The van der Waals surface area contributed by atoms with Gasteiger partial charge in [-0.3, -0.25) is 4.79 Å². The molecule has 1 atom stereocenters. The van der Waals surface area contributed by atoms with Gasteiger partial charge in [-0.1, -0.05) is 6.92 Å². The summed E-state index contributed by atoms with van der Waals surface area (Å²) < 4.78 is 12.7. The van der Waals surface area contributed by atoms with E-state index < -0.39 is 0 Å². The maximum atomic E-state index is 12.7. The van der Waals surface area contributed by atoms with Crippen LogP contribution in [0.5, 0.6) is 0 Å². The molecule has 0 saturated heterocycles. The van der Waals surface area contributed by atoms with Crippen molar-refractivity contribution in [3.8, 4) is 0 Å². The number of amides is 1. The van der Waals surface area contributed by atoms with Crippen molar-refractivity contribution in [3.05, 3.63) is 30.1 Å². The Bertz CT molecular complexity index is 389. The van der Waals surface area contributed by atoms with Crippen LogP contribution in [0.3, 0.4) is 0 Å². The summed E-state index contributed by atoms with van der Waals surface area (Å²) in [5, 5.41) is 6.12. The predicted molar refractivity (Wildman–Crippen MR) is 85.1 cm³/mol. The molecule has 0 radical (unpaired) electrons. The number of carbonyl (C=O) groups is 1. The van der Waals surface area contributed by atoms with E-state index in [9.17, 15) is 9.18 Å². The van der Waals surface area contributed by atoms with Gasteiger partial charge in [0, 0.05) is 29.7 Å². The van der Waals surface area contributed by atoms with Crippen LogP contribution in [0.2, 0.25) is 0 Å². The van der Waals surface area contributed by atoms with Gasteiger partial charge in [-0.2, -0.15) is 0 Å². The lowest BCUT2D eigenvalue weighted by Gasteiger charge is -2.13. The van der Waals surface area contributed by atoms with E-state index in [-0.39, 0.29) is 24.1 Å². The quantitative estimate of drug-likeness (QED) is 0.724. The highest BCUT2D eigenvalue weighted by atomic mass is 35.5. The minimum atomic E-state index is -0.237. The van der Waals surface area contributed by atoms with Crippen molar-refractivity contribution in [1.29, 1.82) is 0 Å². The summed E-state index contributed by atoms with van der Waals surface area (Å²) >= 11 is 1.56. The van der Waals surface area contributed by atoms with Gasteiger partial charge in [0.05, 0.1) is 0 Å². The average molecular weight is 321 g/mol. The Morgan fingerprint density at radius 2 is 2.00 bits per heavy atom. The fourth-order valence-electron chi connectivity index (χ4n) is 1.57. The minimum absolute atomic E-state index is 0.